The molecule has 5 nitrogen and oxygen atoms in total. The normalized spacial score (nSPS) is 11.1. The van der Waals surface area contributed by atoms with E-state index in [4.69, 9.17) is 15.5 Å². The number of hydrogen-bond donors (Lipinski definition) is 3. The molecule has 0 aromatic carbocycles. The smallest absolute Gasteiger partial charge is 0.144 e. The molecule has 0 unspecified atom stereocenters. The van der Waals surface area contributed by atoms with Crippen LogP contribution in [0.4, 0.5) is 0 Å². The summed E-state index contributed by atoms with van der Waals surface area (Å²) in [7, 11) is 0. The van der Waals surface area contributed by atoms with E-state index in [1.807, 2.05) is 6.07 Å². The Morgan fingerprint density at radius 1 is 1.50 bits per heavy atom. The predicted molar refractivity (Wildman–Crippen MR) is 58.4 cm³/mol. The minimum absolute atomic E-state index is 0.175. The van der Waals surface area contributed by atoms with Crippen LogP contribution in [0.5, 0.6) is 0 Å². The monoisotopic (exact) mass is 221 g/mol. The quantitative estimate of drug-likeness (QED) is 0.640. The minimum Gasteiger partial charge on any atom is -0.394 e. The fourth-order valence-electron chi connectivity index (χ4n) is 1.15. The number of rotatable bonds is 5. The van der Waals surface area contributed by atoms with E-state index in [1.54, 1.807) is 25.3 Å². The molecule has 1 aromatic rings. The molecular weight excluding hydrogens is 206 g/mol. The van der Waals surface area contributed by atoms with Gasteiger partial charge in [0, 0.05) is 18.3 Å². The standard InChI is InChI=1S/C11H15N3O2/c1-11(7-15,8-16)14-6-9-3-2-4-13-10(9)5-12/h2-4,14-16H,6-8H2,1H3. The van der Waals surface area contributed by atoms with Crippen molar-refractivity contribution in [3.8, 4) is 6.07 Å². The summed E-state index contributed by atoms with van der Waals surface area (Å²) in [5.41, 5.74) is 0.356. The molecule has 0 fully saturated rings. The molecule has 5 heteroatoms. The first-order valence-electron chi connectivity index (χ1n) is 4.96. The molecule has 86 valence electrons. The molecule has 0 spiro atoms. The van der Waals surface area contributed by atoms with Crippen molar-refractivity contribution in [2.45, 2.75) is 19.0 Å². The number of nitrogens with one attached hydrogen (secondary N) is 1. The highest BCUT2D eigenvalue weighted by Crippen LogP contribution is 2.07. The molecule has 0 aliphatic rings. The summed E-state index contributed by atoms with van der Waals surface area (Å²) in [5.74, 6) is 0. The number of aromatic nitrogens is 1. The molecule has 1 aromatic heterocycles. The van der Waals surface area contributed by atoms with Gasteiger partial charge in [-0.15, -0.1) is 0 Å². The van der Waals surface area contributed by atoms with Crippen LogP contribution in [-0.4, -0.2) is 33.9 Å². The summed E-state index contributed by atoms with van der Waals surface area (Å²) in [6.45, 7) is 1.74. The third-order valence-corrected chi connectivity index (χ3v) is 2.40. The Hall–Kier alpha value is -1.48. The molecule has 0 bridgehead atoms. The average molecular weight is 221 g/mol. The van der Waals surface area contributed by atoms with Crippen molar-refractivity contribution in [3.63, 3.8) is 0 Å². The van der Waals surface area contributed by atoms with Gasteiger partial charge in [0.15, 0.2) is 0 Å². The van der Waals surface area contributed by atoms with Crippen molar-refractivity contribution < 1.29 is 10.2 Å². The van der Waals surface area contributed by atoms with E-state index in [-0.39, 0.29) is 13.2 Å². The molecule has 0 aliphatic carbocycles. The van der Waals surface area contributed by atoms with Gasteiger partial charge in [-0.1, -0.05) is 6.07 Å². The SMILES string of the molecule is CC(CO)(CO)NCc1cccnc1C#N. The molecule has 0 radical (unpaired) electrons. The van der Waals surface area contributed by atoms with E-state index in [0.717, 1.165) is 5.56 Å². The maximum Gasteiger partial charge on any atom is 0.144 e. The molecule has 0 saturated heterocycles. The van der Waals surface area contributed by atoms with E-state index >= 15 is 0 Å². The van der Waals surface area contributed by atoms with Gasteiger partial charge >= 0.3 is 0 Å². The van der Waals surface area contributed by atoms with E-state index < -0.39 is 5.54 Å². The summed E-state index contributed by atoms with van der Waals surface area (Å²) < 4.78 is 0. The Morgan fingerprint density at radius 2 is 2.19 bits per heavy atom. The number of aliphatic hydroxyl groups is 2. The summed E-state index contributed by atoms with van der Waals surface area (Å²) >= 11 is 0. The molecule has 3 N–H and O–H groups in total. The fraction of sp³-hybridized carbons (Fsp3) is 0.455. The van der Waals surface area contributed by atoms with Crippen molar-refractivity contribution in [1.82, 2.24) is 10.3 Å². The van der Waals surface area contributed by atoms with Gasteiger partial charge in [-0.2, -0.15) is 5.26 Å². The second-order valence-electron chi connectivity index (χ2n) is 3.85. The molecular formula is C11H15N3O2. The van der Waals surface area contributed by atoms with Gasteiger partial charge in [0.05, 0.1) is 18.8 Å². The second-order valence-corrected chi connectivity index (χ2v) is 3.85. The lowest BCUT2D eigenvalue weighted by Crippen LogP contribution is -2.48. The lowest BCUT2D eigenvalue weighted by molar-refractivity contribution is 0.103. The van der Waals surface area contributed by atoms with Gasteiger partial charge in [0.1, 0.15) is 11.8 Å². The zero-order valence-electron chi connectivity index (χ0n) is 9.14. The third-order valence-electron chi connectivity index (χ3n) is 2.40. The van der Waals surface area contributed by atoms with Gasteiger partial charge in [-0.05, 0) is 13.0 Å². The van der Waals surface area contributed by atoms with Crippen molar-refractivity contribution in [1.29, 1.82) is 5.26 Å². The van der Waals surface area contributed by atoms with Crippen LogP contribution in [0.15, 0.2) is 18.3 Å². The van der Waals surface area contributed by atoms with Crippen molar-refractivity contribution in [3.05, 3.63) is 29.6 Å². The Morgan fingerprint density at radius 3 is 2.75 bits per heavy atom. The number of nitriles is 1. The lowest BCUT2D eigenvalue weighted by atomic mass is 10.0. The van der Waals surface area contributed by atoms with Gasteiger partial charge in [-0.25, -0.2) is 4.98 Å². The summed E-state index contributed by atoms with van der Waals surface area (Å²) in [6.07, 6.45) is 1.55. The fourth-order valence-corrected chi connectivity index (χ4v) is 1.15. The number of pyridine rings is 1. The summed E-state index contributed by atoms with van der Waals surface area (Å²) in [5, 5.41) is 30.0. The maximum atomic E-state index is 9.09. The van der Waals surface area contributed by atoms with Gasteiger partial charge in [-0.3, -0.25) is 0 Å². The highest BCUT2D eigenvalue weighted by atomic mass is 16.3. The molecule has 0 aliphatic heterocycles. The maximum absolute atomic E-state index is 9.09. The van der Waals surface area contributed by atoms with Crippen LogP contribution in [-0.2, 0) is 6.54 Å². The highest BCUT2D eigenvalue weighted by molar-refractivity contribution is 5.30. The number of hydrogen-bond acceptors (Lipinski definition) is 5. The molecule has 16 heavy (non-hydrogen) atoms. The van der Waals surface area contributed by atoms with Crippen LogP contribution in [0.3, 0.4) is 0 Å². The average Bonchev–Trinajstić information content (AvgIpc) is 2.36. The van der Waals surface area contributed by atoms with Crippen LogP contribution < -0.4 is 5.32 Å². The number of aliphatic hydroxyl groups excluding tert-OH is 2. The first kappa shape index (κ1) is 12.6. The Bertz CT molecular complexity index is 383. The van der Waals surface area contributed by atoms with Crippen LogP contribution in [0.1, 0.15) is 18.2 Å². The minimum atomic E-state index is -0.747. The van der Waals surface area contributed by atoms with Gasteiger partial charge in [0.2, 0.25) is 0 Å². The van der Waals surface area contributed by atoms with Crippen molar-refractivity contribution in [2.24, 2.45) is 0 Å². The first-order valence-corrected chi connectivity index (χ1v) is 4.96. The number of nitrogens with zero attached hydrogens (tertiary/aromatic N) is 2. The third kappa shape index (κ3) is 3.00. The second kappa shape index (κ2) is 5.56. The highest BCUT2D eigenvalue weighted by Gasteiger charge is 2.21. The van der Waals surface area contributed by atoms with Crippen LogP contribution in [0.25, 0.3) is 0 Å². The Kier molecular flexibility index (Phi) is 4.38. The summed E-state index contributed by atoms with van der Waals surface area (Å²) in [4.78, 5) is 3.92. The van der Waals surface area contributed by atoms with Crippen molar-refractivity contribution >= 4 is 0 Å². The molecule has 1 rings (SSSR count). The predicted octanol–water partition coefficient (Wildman–Crippen LogP) is -0.214. The van der Waals surface area contributed by atoms with Crippen LogP contribution in [0, 0.1) is 11.3 Å². The van der Waals surface area contributed by atoms with Gasteiger partial charge < -0.3 is 15.5 Å². The van der Waals surface area contributed by atoms with Crippen LogP contribution >= 0.6 is 0 Å². The lowest BCUT2D eigenvalue weighted by Gasteiger charge is -2.26. The zero-order chi connectivity index (χ0) is 12.0. The van der Waals surface area contributed by atoms with Crippen LogP contribution in [0.2, 0.25) is 0 Å². The van der Waals surface area contributed by atoms with E-state index in [2.05, 4.69) is 10.3 Å². The Balaban J connectivity index is 2.72. The topological polar surface area (TPSA) is 89.2 Å². The summed E-state index contributed by atoms with van der Waals surface area (Å²) in [6, 6.07) is 5.52. The van der Waals surface area contributed by atoms with E-state index in [1.165, 1.54) is 0 Å². The van der Waals surface area contributed by atoms with E-state index in [9.17, 15) is 0 Å². The molecule has 1 heterocycles. The largest absolute Gasteiger partial charge is 0.394 e. The Labute approximate surface area is 94.4 Å². The zero-order valence-corrected chi connectivity index (χ0v) is 9.14. The molecule has 0 atom stereocenters. The molecule has 0 amide bonds. The van der Waals surface area contributed by atoms with E-state index in [0.29, 0.717) is 12.2 Å². The first-order chi connectivity index (χ1) is 7.65. The van der Waals surface area contributed by atoms with Gasteiger partial charge in [0.25, 0.3) is 0 Å². The molecule has 0 saturated carbocycles. The van der Waals surface area contributed by atoms with Crippen molar-refractivity contribution in [2.75, 3.05) is 13.2 Å².